The molecule has 8 heteroatoms. The van der Waals surface area contributed by atoms with Gasteiger partial charge in [-0.05, 0) is 61.4 Å². The standard InChI is InChI=1S/C19H19N5O2S/c1-11-16-14(4-3-5-15(16)25)22-17(11)18(26)21-12-6-8-13(9-7-12)27-19-23-20-10-24(19)2/h6-10,22H,3-5H2,1-2H3,(H,21,26). The number of anilines is 1. The summed E-state index contributed by atoms with van der Waals surface area (Å²) in [6.45, 7) is 1.83. The van der Waals surface area contributed by atoms with Crippen molar-refractivity contribution in [3.8, 4) is 0 Å². The second-order valence-corrected chi connectivity index (χ2v) is 7.60. The molecule has 0 bridgehead atoms. The van der Waals surface area contributed by atoms with Gasteiger partial charge in [-0.1, -0.05) is 0 Å². The fraction of sp³-hybridized carbons (Fsp3) is 0.263. The molecule has 2 N–H and O–H groups in total. The Morgan fingerprint density at radius 2 is 2.04 bits per heavy atom. The van der Waals surface area contributed by atoms with E-state index in [1.807, 2.05) is 42.8 Å². The van der Waals surface area contributed by atoms with E-state index in [4.69, 9.17) is 0 Å². The average molecular weight is 381 g/mol. The number of H-pyrrole nitrogens is 1. The van der Waals surface area contributed by atoms with Crippen LogP contribution in [-0.2, 0) is 13.5 Å². The third kappa shape index (κ3) is 3.40. The number of nitrogens with one attached hydrogen (secondary N) is 2. The number of amides is 1. The van der Waals surface area contributed by atoms with Crippen LogP contribution >= 0.6 is 11.8 Å². The predicted molar refractivity (Wildman–Crippen MR) is 102 cm³/mol. The number of aromatic nitrogens is 4. The summed E-state index contributed by atoms with van der Waals surface area (Å²) in [4.78, 5) is 28.9. The summed E-state index contributed by atoms with van der Waals surface area (Å²) >= 11 is 1.50. The molecule has 1 aliphatic carbocycles. The molecule has 0 saturated heterocycles. The maximum absolute atomic E-state index is 12.7. The highest BCUT2D eigenvalue weighted by Gasteiger charge is 2.26. The van der Waals surface area contributed by atoms with Crippen molar-refractivity contribution in [1.82, 2.24) is 19.7 Å². The minimum atomic E-state index is -0.233. The summed E-state index contributed by atoms with van der Waals surface area (Å²) in [7, 11) is 1.89. The molecule has 0 atom stereocenters. The first-order valence-corrected chi connectivity index (χ1v) is 9.52. The molecule has 3 aromatic rings. The number of benzene rings is 1. The number of aryl methyl sites for hydroxylation is 2. The monoisotopic (exact) mass is 381 g/mol. The van der Waals surface area contributed by atoms with Crippen molar-refractivity contribution in [3.63, 3.8) is 0 Å². The third-order valence-corrected chi connectivity index (χ3v) is 5.72. The molecule has 0 radical (unpaired) electrons. The molecule has 0 saturated carbocycles. The van der Waals surface area contributed by atoms with Crippen LogP contribution in [0.3, 0.4) is 0 Å². The minimum Gasteiger partial charge on any atom is -0.354 e. The van der Waals surface area contributed by atoms with E-state index in [0.29, 0.717) is 23.4 Å². The topological polar surface area (TPSA) is 92.7 Å². The number of ketones is 1. The first-order valence-electron chi connectivity index (χ1n) is 8.71. The van der Waals surface area contributed by atoms with Gasteiger partial charge in [-0.15, -0.1) is 10.2 Å². The lowest BCUT2D eigenvalue weighted by Gasteiger charge is -2.09. The van der Waals surface area contributed by atoms with E-state index in [9.17, 15) is 9.59 Å². The van der Waals surface area contributed by atoms with Gasteiger partial charge in [-0.25, -0.2) is 0 Å². The summed E-state index contributed by atoms with van der Waals surface area (Å²) < 4.78 is 1.84. The average Bonchev–Trinajstić information content (AvgIpc) is 3.21. The van der Waals surface area contributed by atoms with Gasteiger partial charge in [0.2, 0.25) is 0 Å². The number of hydrogen-bond donors (Lipinski definition) is 2. The van der Waals surface area contributed by atoms with E-state index in [1.54, 1.807) is 6.33 Å². The van der Waals surface area contributed by atoms with Crippen molar-refractivity contribution in [2.45, 2.75) is 36.2 Å². The van der Waals surface area contributed by atoms with Crippen LogP contribution in [-0.4, -0.2) is 31.4 Å². The summed E-state index contributed by atoms with van der Waals surface area (Å²) in [5.74, 6) is -0.113. The molecule has 2 heterocycles. The molecule has 0 aliphatic heterocycles. The molecule has 2 aromatic heterocycles. The summed E-state index contributed by atoms with van der Waals surface area (Å²) in [5.41, 5.74) is 3.47. The number of carbonyl (C=O) groups is 2. The largest absolute Gasteiger partial charge is 0.354 e. The SMILES string of the molecule is Cc1c(C(=O)Nc2ccc(Sc3nncn3C)cc2)[nH]c2c1C(=O)CCC2. The predicted octanol–water partition coefficient (Wildman–Crippen LogP) is 3.37. The van der Waals surface area contributed by atoms with Gasteiger partial charge < -0.3 is 14.9 Å². The number of nitrogens with zero attached hydrogens (tertiary/aromatic N) is 3. The number of hydrogen-bond acceptors (Lipinski definition) is 5. The van der Waals surface area contributed by atoms with E-state index in [2.05, 4.69) is 20.5 Å². The van der Waals surface area contributed by atoms with E-state index in [1.165, 1.54) is 11.8 Å². The first-order chi connectivity index (χ1) is 13.0. The number of aromatic amines is 1. The molecule has 0 fully saturated rings. The maximum Gasteiger partial charge on any atom is 0.272 e. The molecule has 1 aromatic carbocycles. The fourth-order valence-electron chi connectivity index (χ4n) is 3.27. The Hall–Kier alpha value is -2.87. The van der Waals surface area contributed by atoms with Crippen molar-refractivity contribution >= 4 is 29.1 Å². The Balaban J connectivity index is 1.49. The number of carbonyl (C=O) groups excluding carboxylic acids is 2. The normalized spacial score (nSPS) is 13.5. The van der Waals surface area contributed by atoms with Crippen LogP contribution in [0.4, 0.5) is 5.69 Å². The second-order valence-electron chi connectivity index (χ2n) is 6.56. The van der Waals surface area contributed by atoms with E-state index in [0.717, 1.165) is 34.2 Å². The van der Waals surface area contributed by atoms with Crippen molar-refractivity contribution in [2.24, 2.45) is 7.05 Å². The van der Waals surface area contributed by atoms with Crippen LogP contribution in [0.25, 0.3) is 0 Å². The highest BCUT2D eigenvalue weighted by molar-refractivity contribution is 7.99. The molecule has 4 rings (SSSR count). The van der Waals surface area contributed by atoms with Gasteiger partial charge >= 0.3 is 0 Å². The second kappa shape index (κ2) is 7.03. The van der Waals surface area contributed by atoms with Crippen LogP contribution in [0.5, 0.6) is 0 Å². The van der Waals surface area contributed by atoms with E-state index in [-0.39, 0.29) is 11.7 Å². The lowest BCUT2D eigenvalue weighted by Crippen LogP contribution is -2.13. The molecule has 1 aliphatic rings. The van der Waals surface area contributed by atoms with Crippen molar-refractivity contribution < 1.29 is 9.59 Å². The van der Waals surface area contributed by atoms with Crippen LogP contribution in [0.15, 0.2) is 40.6 Å². The lowest BCUT2D eigenvalue weighted by atomic mass is 9.94. The minimum absolute atomic E-state index is 0.120. The number of rotatable bonds is 4. The van der Waals surface area contributed by atoms with Crippen LogP contribution in [0.1, 0.15) is 44.9 Å². The molecule has 27 heavy (non-hydrogen) atoms. The maximum atomic E-state index is 12.7. The van der Waals surface area contributed by atoms with E-state index >= 15 is 0 Å². The summed E-state index contributed by atoms with van der Waals surface area (Å²) in [6.07, 6.45) is 3.85. The fourth-order valence-corrected chi connectivity index (χ4v) is 4.03. The Bertz CT molecular complexity index is 1020. The Morgan fingerprint density at radius 1 is 1.26 bits per heavy atom. The molecule has 0 spiro atoms. The Labute approximate surface area is 160 Å². The van der Waals surface area contributed by atoms with Gasteiger partial charge in [0.25, 0.3) is 5.91 Å². The van der Waals surface area contributed by atoms with Gasteiger partial charge in [-0.3, -0.25) is 9.59 Å². The number of fused-ring (bicyclic) bond motifs is 1. The Morgan fingerprint density at radius 3 is 2.70 bits per heavy atom. The molecular weight excluding hydrogens is 362 g/mol. The summed E-state index contributed by atoms with van der Waals surface area (Å²) in [5, 5.41) is 11.6. The van der Waals surface area contributed by atoms with Crippen molar-refractivity contribution in [2.75, 3.05) is 5.32 Å². The third-order valence-electron chi connectivity index (χ3n) is 4.66. The zero-order chi connectivity index (χ0) is 19.0. The molecule has 7 nitrogen and oxygen atoms in total. The molecule has 138 valence electrons. The highest BCUT2D eigenvalue weighted by atomic mass is 32.2. The quantitative estimate of drug-likeness (QED) is 0.723. The lowest BCUT2D eigenvalue weighted by molar-refractivity contribution is 0.0971. The Kier molecular flexibility index (Phi) is 4.57. The zero-order valence-electron chi connectivity index (χ0n) is 15.1. The van der Waals surface area contributed by atoms with Gasteiger partial charge in [0.1, 0.15) is 12.0 Å². The molecular formula is C19H19N5O2S. The van der Waals surface area contributed by atoms with Crippen LogP contribution < -0.4 is 5.32 Å². The van der Waals surface area contributed by atoms with Gasteiger partial charge in [0, 0.05) is 35.3 Å². The van der Waals surface area contributed by atoms with Crippen molar-refractivity contribution in [3.05, 3.63) is 53.1 Å². The van der Waals surface area contributed by atoms with Crippen molar-refractivity contribution in [1.29, 1.82) is 0 Å². The number of Topliss-reactive ketones (excluding diaryl/α,β-unsaturated/α-hetero) is 1. The zero-order valence-corrected chi connectivity index (χ0v) is 15.9. The highest BCUT2D eigenvalue weighted by Crippen LogP contribution is 2.28. The van der Waals surface area contributed by atoms with Gasteiger partial charge in [0.15, 0.2) is 10.9 Å². The molecule has 1 amide bonds. The van der Waals surface area contributed by atoms with Gasteiger partial charge in [0.05, 0.1) is 0 Å². The first kappa shape index (κ1) is 17.5. The molecule has 0 unspecified atom stereocenters. The van der Waals surface area contributed by atoms with E-state index < -0.39 is 0 Å². The smallest absolute Gasteiger partial charge is 0.272 e. The van der Waals surface area contributed by atoms with Crippen LogP contribution in [0.2, 0.25) is 0 Å². The summed E-state index contributed by atoms with van der Waals surface area (Å²) in [6, 6.07) is 7.54. The van der Waals surface area contributed by atoms with Crippen LogP contribution in [0, 0.1) is 6.92 Å². The van der Waals surface area contributed by atoms with Gasteiger partial charge in [-0.2, -0.15) is 0 Å².